The molecule has 2 unspecified atom stereocenters. The van der Waals surface area contributed by atoms with Gasteiger partial charge in [0.2, 0.25) is 5.91 Å². The lowest BCUT2D eigenvalue weighted by Crippen LogP contribution is -2.34. The molecule has 6 nitrogen and oxygen atoms in total. The molecule has 3 rings (SSSR count). The van der Waals surface area contributed by atoms with Gasteiger partial charge in [0.05, 0.1) is 6.61 Å². The van der Waals surface area contributed by atoms with Crippen molar-refractivity contribution in [2.45, 2.75) is 46.5 Å². The lowest BCUT2D eigenvalue weighted by atomic mass is 9.76. The maximum Gasteiger partial charge on any atom is 0.315 e. The summed E-state index contributed by atoms with van der Waals surface area (Å²) in [6, 6.07) is 7.44. The van der Waals surface area contributed by atoms with E-state index in [0.29, 0.717) is 28.5 Å². The number of ether oxygens (including phenoxy) is 1. The molecule has 2 aromatic rings. The van der Waals surface area contributed by atoms with Crippen LogP contribution in [-0.4, -0.2) is 34.0 Å². The van der Waals surface area contributed by atoms with Crippen molar-refractivity contribution < 1.29 is 14.3 Å². The van der Waals surface area contributed by atoms with Crippen LogP contribution in [0.2, 0.25) is 5.02 Å². The summed E-state index contributed by atoms with van der Waals surface area (Å²) < 4.78 is 6.73. The predicted octanol–water partition coefficient (Wildman–Crippen LogP) is 5.03. The van der Waals surface area contributed by atoms with Gasteiger partial charge in [0.25, 0.3) is 0 Å². The highest BCUT2D eigenvalue weighted by Crippen LogP contribution is 2.45. The zero-order valence-electron chi connectivity index (χ0n) is 17.2. The molecule has 29 heavy (non-hydrogen) atoms. The molecule has 0 amide bonds. The average molecular weight is 416 g/mol. The van der Waals surface area contributed by atoms with Crippen LogP contribution in [0.15, 0.2) is 35.5 Å². The molecule has 0 saturated heterocycles. The van der Waals surface area contributed by atoms with Crippen LogP contribution in [0, 0.1) is 11.8 Å². The number of nitrogens with zero attached hydrogens (tertiary/aromatic N) is 3. The normalized spacial score (nSPS) is 18.3. The minimum atomic E-state index is -0.603. The Kier molecular flexibility index (Phi) is 6.52. The molecule has 154 valence electrons. The highest BCUT2D eigenvalue weighted by molar-refractivity contribution is 6.31. The molecule has 2 atom stereocenters. The number of carbonyl (C=O) groups excluding carboxylic acids is 2. The van der Waals surface area contributed by atoms with Gasteiger partial charge in [0, 0.05) is 34.3 Å². The van der Waals surface area contributed by atoms with Crippen molar-refractivity contribution in [2.24, 2.45) is 16.8 Å². The molecule has 0 aliphatic carbocycles. The summed E-state index contributed by atoms with van der Waals surface area (Å²) in [4.78, 5) is 30.2. The first-order valence-corrected chi connectivity index (χ1v) is 10.4. The zero-order chi connectivity index (χ0) is 21.1. The third-order valence-corrected chi connectivity index (χ3v) is 5.35. The van der Waals surface area contributed by atoms with Crippen molar-refractivity contribution >= 4 is 35.0 Å². The molecule has 0 fully saturated rings. The molecule has 7 heteroatoms. The monoisotopic (exact) mass is 415 g/mol. The van der Waals surface area contributed by atoms with Crippen LogP contribution in [0.4, 0.5) is 5.82 Å². The van der Waals surface area contributed by atoms with Crippen LogP contribution in [-0.2, 0) is 9.53 Å². The molecular formula is C22H26ClN3O3. The van der Waals surface area contributed by atoms with Crippen molar-refractivity contribution in [3.05, 3.63) is 46.6 Å². The molecule has 1 aliphatic heterocycles. The Bertz CT molecular complexity index is 949. The van der Waals surface area contributed by atoms with Gasteiger partial charge in [0.1, 0.15) is 5.92 Å². The summed E-state index contributed by atoms with van der Waals surface area (Å²) in [7, 11) is 0. The Labute approximate surface area is 175 Å². The van der Waals surface area contributed by atoms with Gasteiger partial charge < -0.3 is 4.74 Å². The fourth-order valence-electron chi connectivity index (χ4n) is 3.69. The maximum atomic E-state index is 13.0. The minimum absolute atomic E-state index is 0.128. The standard InChI is InChI=1S/C22H26ClN3O3/c1-5-9-17-19(22(28)29-6-2)18(14-10-7-8-11-16(14)23)15-12-26(21(27)13(3)4)25-20(15)24-17/h7-8,10-13,18-19H,5-6,9H2,1-4H3. The van der Waals surface area contributed by atoms with Crippen molar-refractivity contribution in [2.75, 3.05) is 6.61 Å². The number of fused-ring (bicyclic) bond motifs is 1. The first-order chi connectivity index (χ1) is 13.9. The number of aliphatic imine (C=N–C) groups is 1. The predicted molar refractivity (Wildman–Crippen MR) is 113 cm³/mol. The Balaban J connectivity index is 2.22. The summed E-state index contributed by atoms with van der Waals surface area (Å²) in [5, 5.41) is 4.99. The Hall–Kier alpha value is -2.47. The van der Waals surface area contributed by atoms with E-state index in [1.54, 1.807) is 19.2 Å². The number of hydrogen-bond acceptors (Lipinski definition) is 5. The van der Waals surface area contributed by atoms with E-state index in [1.165, 1.54) is 4.68 Å². The quantitative estimate of drug-likeness (QED) is 0.620. The summed E-state index contributed by atoms with van der Waals surface area (Å²) in [5.41, 5.74) is 2.23. The van der Waals surface area contributed by atoms with Crippen LogP contribution in [0.3, 0.4) is 0 Å². The van der Waals surface area contributed by atoms with Gasteiger partial charge in [-0.05, 0) is 25.0 Å². The number of aromatic nitrogens is 2. The summed E-state index contributed by atoms with van der Waals surface area (Å²) in [5.74, 6) is -1.22. The van der Waals surface area contributed by atoms with Crippen LogP contribution in [0.25, 0.3) is 0 Å². The molecule has 0 radical (unpaired) electrons. The number of hydrogen-bond donors (Lipinski definition) is 0. The highest BCUT2D eigenvalue weighted by atomic mass is 35.5. The van der Waals surface area contributed by atoms with Crippen molar-refractivity contribution in [3.63, 3.8) is 0 Å². The van der Waals surface area contributed by atoms with Crippen LogP contribution in [0.5, 0.6) is 0 Å². The van der Waals surface area contributed by atoms with Gasteiger partial charge >= 0.3 is 5.97 Å². The number of benzene rings is 1. The largest absolute Gasteiger partial charge is 0.465 e. The molecule has 0 spiro atoms. The Morgan fingerprint density at radius 3 is 2.55 bits per heavy atom. The summed E-state index contributed by atoms with van der Waals surface area (Å²) in [6.07, 6.45) is 3.14. The molecule has 0 bridgehead atoms. The van der Waals surface area contributed by atoms with Crippen LogP contribution in [0.1, 0.15) is 62.4 Å². The fraction of sp³-hybridized carbons (Fsp3) is 0.455. The van der Waals surface area contributed by atoms with E-state index in [4.69, 9.17) is 16.3 Å². The van der Waals surface area contributed by atoms with Crippen LogP contribution >= 0.6 is 11.6 Å². The highest BCUT2D eigenvalue weighted by Gasteiger charge is 2.42. The van der Waals surface area contributed by atoms with E-state index in [2.05, 4.69) is 10.1 Å². The van der Waals surface area contributed by atoms with E-state index < -0.39 is 11.8 Å². The van der Waals surface area contributed by atoms with E-state index >= 15 is 0 Å². The smallest absolute Gasteiger partial charge is 0.315 e. The number of rotatable bonds is 6. The van der Waals surface area contributed by atoms with E-state index in [1.807, 2.05) is 39.0 Å². The molecular weight excluding hydrogens is 390 g/mol. The molecule has 0 N–H and O–H groups in total. The van der Waals surface area contributed by atoms with E-state index in [-0.39, 0.29) is 24.4 Å². The van der Waals surface area contributed by atoms with Gasteiger partial charge in [-0.2, -0.15) is 0 Å². The molecule has 1 aliphatic rings. The van der Waals surface area contributed by atoms with Gasteiger partial charge in [-0.15, -0.1) is 5.10 Å². The third-order valence-electron chi connectivity index (χ3n) is 5.01. The molecule has 2 heterocycles. The van der Waals surface area contributed by atoms with E-state index in [9.17, 15) is 9.59 Å². The average Bonchev–Trinajstić information content (AvgIpc) is 3.11. The maximum absolute atomic E-state index is 13.0. The lowest BCUT2D eigenvalue weighted by Gasteiger charge is -2.30. The van der Waals surface area contributed by atoms with Gasteiger partial charge in [-0.1, -0.05) is 57.0 Å². The number of carbonyl (C=O) groups is 2. The topological polar surface area (TPSA) is 73.5 Å². The van der Waals surface area contributed by atoms with Gasteiger partial charge in [-0.3, -0.25) is 9.59 Å². The summed E-state index contributed by atoms with van der Waals surface area (Å²) >= 11 is 6.53. The Morgan fingerprint density at radius 1 is 1.21 bits per heavy atom. The third kappa shape index (κ3) is 4.13. The molecule has 1 aromatic carbocycles. The van der Waals surface area contributed by atoms with E-state index in [0.717, 1.165) is 12.0 Å². The molecule has 0 saturated carbocycles. The molecule has 1 aromatic heterocycles. The SMILES string of the molecule is CCCC1=Nc2nn(C(=O)C(C)C)cc2C(c2ccccc2Cl)C1C(=O)OCC. The zero-order valence-corrected chi connectivity index (χ0v) is 17.9. The second-order valence-electron chi connectivity index (χ2n) is 7.43. The minimum Gasteiger partial charge on any atom is -0.465 e. The summed E-state index contributed by atoms with van der Waals surface area (Å²) in [6.45, 7) is 7.74. The Morgan fingerprint density at radius 2 is 1.93 bits per heavy atom. The second-order valence-corrected chi connectivity index (χ2v) is 7.83. The number of halogens is 1. The second kappa shape index (κ2) is 8.91. The van der Waals surface area contributed by atoms with Crippen molar-refractivity contribution in [1.29, 1.82) is 0 Å². The first kappa shape index (κ1) is 21.2. The van der Waals surface area contributed by atoms with Gasteiger partial charge in [-0.25, -0.2) is 9.67 Å². The van der Waals surface area contributed by atoms with Crippen molar-refractivity contribution in [3.8, 4) is 0 Å². The van der Waals surface area contributed by atoms with Crippen molar-refractivity contribution in [1.82, 2.24) is 9.78 Å². The first-order valence-electron chi connectivity index (χ1n) is 10.0. The lowest BCUT2D eigenvalue weighted by molar-refractivity contribution is -0.146. The van der Waals surface area contributed by atoms with Crippen LogP contribution < -0.4 is 0 Å². The van der Waals surface area contributed by atoms with Gasteiger partial charge in [0.15, 0.2) is 5.82 Å². The number of esters is 1. The fourth-order valence-corrected chi connectivity index (χ4v) is 3.94.